The van der Waals surface area contributed by atoms with Gasteiger partial charge in [-0.25, -0.2) is 0 Å². The Morgan fingerprint density at radius 1 is 1.75 bits per heavy atom. The van der Waals surface area contributed by atoms with E-state index in [4.69, 9.17) is 4.89 Å². The van der Waals surface area contributed by atoms with Crippen LogP contribution in [0, 0.1) is 0 Å². The summed E-state index contributed by atoms with van der Waals surface area (Å²) >= 11 is 0. The summed E-state index contributed by atoms with van der Waals surface area (Å²) in [6, 6.07) is 0. The van der Waals surface area contributed by atoms with Crippen LogP contribution in [0.25, 0.3) is 0 Å². The van der Waals surface area contributed by atoms with Crippen LogP contribution in [-0.4, -0.2) is 17.3 Å². The Labute approximate surface area is 71.1 Å². The van der Waals surface area contributed by atoms with Gasteiger partial charge in [-0.15, -0.1) is 10.2 Å². The number of allylic oxidation sites excluding steroid dienone is 2. The van der Waals surface area contributed by atoms with Gasteiger partial charge < -0.3 is 0 Å². The van der Waals surface area contributed by atoms with Crippen molar-refractivity contribution in [2.45, 2.75) is 0 Å². The predicted octanol–water partition coefficient (Wildman–Crippen LogP) is 1.86. The lowest BCUT2D eigenvalue weighted by Gasteiger charge is -1.64. The average Bonchev–Trinajstić information content (AvgIpc) is 2.40. The van der Waals surface area contributed by atoms with Crippen LogP contribution in [0.5, 0.6) is 0 Å². The molecule has 1 unspecified atom stereocenters. The van der Waals surface area contributed by atoms with E-state index in [9.17, 15) is 4.57 Å². The summed E-state index contributed by atoms with van der Waals surface area (Å²) in [6.07, 6.45) is 3.12. The number of hydrogen-bond acceptors (Lipinski definition) is 4. The SMILES string of the molecule is C=C1C=NN=N1.C=CC[P+](=O)O. The summed E-state index contributed by atoms with van der Waals surface area (Å²) in [5, 5.41) is 10.1. The van der Waals surface area contributed by atoms with Crippen LogP contribution in [0.3, 0.4) is 0 Å². The zero-order chi connectivity index (χ0) is 9.40. The van der Waals surface area contributed by atoms with Crippen molar-refractivity contribution in [3.63, 3.8) is 0 Å². The lowest BCUT2D eigenvalue weighted by atomic mass is 10.6. The normalized spacial score (nSPS) is 13.8. The topological polar surface area (TPSA) is 74.4 Å². The second kappa shape index (κ2) is 6.52. The molecule has 0 saturated heterocycles. The molecule has 64 valence electrons. The van der Waals surface area contributed by atoms with Gasteiger partial charge in [0.2, 0.25) is 0 Å². The zero-order valence-electron chi connectivity index (χ0n) is 6.42. The van der Waals surface area contributed by atoms with Gasteiger partial charge in [-0.3, -0.25) is 0 Å². The van der Waals surface area contributed by atoms with Crippen molar-refractivity contribution in [3.05, 3.63) is 24.9 Å². The van der Waals surface area contributed by atoms with Gasteiger partial charge in [-0.2, -0.15) is 4.89 Å². The minimum atomic E-state index is -1.97. The van der Waals surface area contributed by atoms with E-state index in [-0.39, 0.29) is 6.16 Å². The number of rotatable bonds is 2. The molecule has 6 heteroatoms. The molecule has 1 aliphatic heterocycles. The van der Waals surface area contributed by atoms with Crippen molar-refractivity contribution < 1.29 is 9.46 Å². The molecular weight excluding hydrogens is 177 g/mol. The quantitative estimate of drug-likeness (QED) is 0.527. The largest absolute Gasteiger partial charge is 0.509 e. The molecule has 1 aliphatic rings. The van der Waals surface area contributed by atoms with Crippen LogP contribution in [-0.2, 0) is 4.57 Å². The minimum Gasteiger partial charge on any atom is -0.160 e. The fraction of sp³-hybridized carbons (Fsp3) is 0.167. The molecule has 0 saturated carbocycles. The van der Waals surface area contributed by atoms with Crippen molar-refractivity contribution in [1.82, 2.24) is 0 Å². The highest BCUT2D eigenvalue weighted by molar-refractivity contribution is 7.38. The molecule has 0 aromatic rings. The van der Waals surface area contributed by atoms with Crippen LogP contribution in [0.4, 0.5) is 0 Å². The van der Waals surface area contributed by atoms with Crippen molar-refractivity contribution in [2.24, 2.45) is 15.4 Å². The molecule has 5 nitrogen and oxygen atoms in total. The zero-order valence-corrected chi connectivity index (χ0v) is 7.31. The maximum atomic E-state index is 9.68. The van der Waals surface area contributed by atoms with Crippen molar-refractivity contribution in [1.29, 1.82) is 0 Å². The van der Waals surface area contributed by atoms with Crippen molar-refractivity contribution >= 4 is 14.2 Å². The molecule has 0 fully saturated rings. The average molecular weight is 186 g/mol. The van der Waals surface area contributed by atoms with Gasteiger partial charge in [-0.05, 0) is 15.9 Å². The van der Waals surface area contributed by atoms with E-state index in [0.29, 0.717) is 5.70 Å². The fourth-order valence-corrected chi connectivity index (χ4v) is 0.533. The highest BCUT2D eigenvalue weighted by atomic mass is 31.1. The Kier molecular flexibility index (Phi) is 5.87. The van der Waals surface area contributed by atoms with Crippen molar-refractivity contribution in [2.75, 3.05) is 6.16 Å². The van der Waals surface area contributed by atoms with E-state index in [1.54, 1.807) is 0 Å². The molecule has 0 aliphatic carbocycles. The second-order valence-electron chi connectivity index (χ2n) is 1.75. The molecule has 1 rings (SSSR count). The summed E-state index contributed by atoms with van der Waals surface area (Å²) in [4.78, 5) is 7.99. The van der Waals surface area contributed by atoms with E-state index < -0.39 is 8.03 Å². The van der Waals surface area contributed by atoms with E-state index in [1.807, 2.05) is 0 Å². The van der Waals surface area contributed by atoms with Crippen LogP contribution >= 0.6 is 8.03 Å². The molecule has 0 aromatic carbocycles. The van der Waals surface area contributed by atoms with Crippen LogP contribution in [0.15, 0.2) is 40.4 Å². The van der Waals surface area contributed by atoms with Gasteiger partial charge in [0.25, 0.3) is 0 Å². The fourth-order valence-electron chi connectivity index (χ4n) is 0.312. The highest BCUT2D eigenvalue weighted by Gasteiger charge is 2.01. The van der Waals surface area contributed by atoms with Gasteiger partial charge in [0.15, 0.2) is 6.16 Å². The lowest BCUT2D eigenvalue weighted by Crippen LogP contribution is -1.62. The van der Waals surface area contributed by atoms with Gasteiger partial charge in [0.1, 0.15) is 5.70 Å². The Hall–Kier alpha value is -1.19. The molecule has 1 heterocycles. The number of hydrogen-bond donors (Lipinski definition) is 1. The first-order valence-electron chi connectivity index (χ1n) is 3.04. The monoisotopic (exact) mass is 186 g/mol. The van der Waals surface area contributed by atoms with Gasteiger partial charge in [-0.1, -0.05) is 13.2 Å². The van der Waals surface area contributed by atoms with Crippen LogP contribution in [0.1, 0.15) is 0 Å². The molecular formula is C6H9N3O2P+. The van der Waals surface area contributed by atoms with E-state index in [0.717, 1.165) is 0 Å². The third kappa shape index (κ3) is 6.92. The molecule has 1 N–H and O–H groups in total. The summed E-state index contributed by atoms with van der Waals surface area (Å²) in [5.41, 5.74) is 0.620. The molecule has 0 radical (unpaired) electrons. The third-order valence-electron chi connectivity index (χ3n) is 0.717. The second-order valence-corrected chi connectivity index (χ2v) is 2.82. The Bertz CT molecular complexity index is 233. The summed E-state index contributed by atoms with van der Waals surface area (Å²) < 4.78 is 9.68. The Morgan fingerprint density at radius 3 is 2.50 bits per heavy atom. The van der Waals surface area contributed by atoms with E-state index >= 15 is 0 Å². The molecule has 0 bridgehead atoms. The molecule has 0 aromatic heterocycles. The third-order valence-corrected chi connectivity index (χ3v) is 1.29. The highest BCUT2D eigenvalue weighted by Crippen LogP contribution is 2.10. The summed E-state index contributed by atoms with van der Waals surface area (Å²) in [7, 11) is -1.97. The molecule has 0 spiro atoms. The van der Waals surface area contributed by atoms with Gasteiger partial charge in [0, 0.05) is 0 Å². The Morgan fingerprint density at radius 2 is 2.42 bits per heavy atom. The molecule has 12 heavy (non-hydrogen) atoms. The van der Waals surface area contributed by atoms with Crippen molar-refractivity contribution in [3.8, 4) is 0 Å². The minimum absolute atomic E-state index is 0.204. The first kappa shape index (κ1) is 10.8. The molecule has 1 atom stereocenters. The maximum absolute atomic E-state index is 9.68. The van der Waals surface area contributed by atoms with Crippen LogP contribution in [0.2, 0.25) is 0 Å². The van der Waals surface area contributed by atoms with Gasteiger partial charge in [0.05, 0.1) is 6.21 Å². The molecule has 0 amide bonds. The summed E-state index contributed by atoms with van der Waals surface area (Å²) in [5.74, 6) is 0. The van der Waals surface area contributed by atoms with E-state index in [2.05, 4.69) is 28.6 Å². The number of nitrogens with zero attached hydrogens (tertiary/aromatic N) is 3. The smallest absolute Gasteiger partial charge is 0.160 e. The van der Waals surface area contributed by atoms with Gasteiger partial charge >= 0.3 is 8.03 Å². The summed E-state index contributed by atoms with van der Waals surface area (Å²) in [6.45, 7) is 6.70. The maximum Gasteiger partial charge on any atom is 0.509 e. The van der Waals surface area contributed by atoms with E-state index in [1.165, 1.54) is 12.3 Å². The predicted molar refractivity (Wildman–Crippen MR) is 47.4 cm³/mol. The Balaban J connectivity index is 0.000000202. The standard InChI is InChI=1S/C3H3N3.C3H5O2P/c1-3-2-4-6-5-3;1-2-3-6(4)5/h2H,1H2;2H,1,3H2/p+1. The lowest BCUT2D eigenvalue weighted by molar-refractivity contribution is 0.506. The first-order chi connectivity index (χ1) is 5.66. The first-order valence-corrected chi connectivity index (χ1v) is 4.44. The van der Waals surface area contributed by atoms with Crippen LogP contribution < -0.4 is 0 Å².